The third-order valence-electron chi connectivity index (χ3n) is 2.00. The molecule has 0 aromatic carbocycles. The van der Waals surface area contributed by atoms with Gasteiger partial charge in [-0.3, -0.25) is 0 Å². The lowest BCUT2D eigenvalue weighted by Gasteiger charge is -2.06. The van der Waals surface area contributed by atoms with E-state index in [1.165, 1.54) is 5.57 Å². The fourth-order valence-corrected chi connectivity index (χ4v) is 1.31. The Morgan fingerprint density at radius 1 is 1.58 bits per heavy atom. The van der Waals surface area contributed by atoms with Crippen LogP contribution in [-0.4, -0.2) is 17.0 Å². The first-order valence-electron chi connectivity index (χ1n) is 4.61. The number of aliphatic hydroxyl groups is 1. The van der Waals surface area contributed by atoms with Gasteiger partial charge in [-0.15, -0.1) is 0 Å². The molecule has 0 aromatic rings. The van der Waals surface area contributed by atoms with E-state index in [1.54, 1.807) is 0 Å². The minimum atomic E-state index is 0.220. The molecule has 0 bridgehead atoms. The molecule has 2 heteroatoms. The number of allylic oxidation sites excluding steroid dienone is 1. The van der Waals surface area contributed by atoms with Crippen LogP contribution in [0.1, 0.15) is 33.1 Å². The standard InChI is InChI=1S/C10H19BrO/c1-3-9(2)7-10(8-12)5-4-6-11/h7,9,12H,3-6,8H2,1-2H3/b10-7-/t9-/m1/s1. The van der Waals surface area contributed by atoms with Gasteiger partial charge in [0.2, 0.25) is 0 Å². The first-order chi connectivity index (χ1) is 5.74. The monoisotopic (exact) mass is 234 g/mol. The van der Waals surface area contributed by atoms with Crippen LogP contribution in [0.3, 0.4) is 0 Å². The minimum Gasteiger partial charge on any atom is -0.392 e. The molecule has 1 nitrogen and oxygen atoms in total. The van der Waals surface area contributed by atoms with Crippen molar-refractivity contribution in [2.24, 2.45) is 5.92 Å². The van der Waals surface area contributed by atoms with Crippen LogP contribution in [0.25, 0.3) is 0 Å². The van der Waals surface area contributed by atoms with Gasteiger partial charge in [-0.2, -0.15) is 0 Å². The molecule has 1 atom stereocenters. The maximum Gasteiger partial charge on any atom is 0.0641 e. The molecule has 0 amide bonds. The van der Waals surface area contributed by atoms with Crippen molar-refractivity contribution in [3.63, 3.8) is 0 Å². The van der Waals surface area contributed by atoms with E-state index in [0.29, 0.717) is 5.92 Å². The number of aliphatic hydroxyl groups excluding tert-OH is 1. The molecule has 0 spiro atoms. The number of halogens is 1. The highest BCUT2D eigenvalue weighted by molar-refractivity contribution is 9.09. The highest BCUT2D eigenvalue weighted by Crippen LogP contribution is 2.11. The molecule has 0 heterocycles. The zero-order valence-electron chi connectivity index (χ0n) is 8.02. The van der Waals surface area contributed by atoms with Gasteiger partial charge in [0.1, 0.15) is 0 Å². The number of hydrogen-bond acceptors (Lipinski definition) is 1. The summed E-state index contributed by atoms with van der Waals surface area (Å²) in [5.74, 6) is 0.600. The summed E-state index contributed by atoms with van der Waals surface area (Å²) >= 11 is 3.38. The van der Waals surface area contributed by atoms with Gasteiger partial charge in [0, 0.05) is 5.33 Å². The topological polar surface area (TPSA) is 20.2 Å². The van der Waals surface area contributed by atoms with Gasteiger partial charge >= 0.3 is 0 Å². The Morgan fingerprint density at radius 2 is 2.25 bits per heavy atom. The van der Waals surface area contributed by atoms with Crippen LogP contribution in [0.4, 0.5) is 0 Å². The van der Waals surface area contributed by atoms with Crippen molar-refractivity contribution in [1.82, 2.24) is 0 Å². The molecule has 0 saturated heterocycles. The summed E-state index contributed by atoms with van der Waals surface area (Å²) in [5.41, 5.74) is 1.18. The lowest BCUT2D eigenvalue weighted by atomic mass is 10.0. The van der Waals surface area contributed by atoms with E-state index in [2.05, 4.69) is 35.9 Å². The van der Waals surface area contributed by atoms with Crippen LogP contribution in [-0.2, 0) is 0 Å². The molecule has 0 saturated carbocycles. The van der Waals surface area contributed by atoms with Crippen molar-refractivity contribution in [1.29, 1.82) is 0 Å². The van der Waals surface area contributed by atoms with E-state index < -0.39 is 0 Å². The highest BCUT2D eigenvalue weighted by Gasteiger charge is 1.98. The maximum atomic E-state index is 9.01. The van der Waals surface area contributed by atoms with Crippen molar-refractivity contribution >= 4 is 15.9 Å². The Bertz CT molecular complexity index is 132. The molecule has 0 aliphatic carbocycles. The molecule has 0 aliphatic heterocycles. The molecule has 0 aliphatic rings. The van der Waals surface area contributed by atoms with Crippen LogP contribution >= 0.6 is 15.9 Å². The summed E-state index contributed by atoms with van der Waals surface area (Å²) in [6, 6.07) is 0. The predicted molar refractivity (Wildman–Crippen MR) is 57.7 cm³/mol. The maximum absolute atomic E-state index is 9.01. The molecule has 0 radical (unpaired) electrons. The predicted octanol–water partition coefficient (Wildman–Crippen LogP) is 3.13. The summed E-state index contributed by atoms with van der Waals surface area (Å²) in [6.45, 7) is 4.57. The summed E-state index contributed by atoms with van der Waals surface area (Å²) in [4.78, 5) is 0. The highest BCUT2D eigenvalue weighted by atomic mass is 79.9. The average Bonchev–Trinajstić information content (AvgIpc) is 2.11. The first-order valence-corrected chi connectivity index (χ1v) is 5.73. The largest absolute Gasteiger partial charge is 0.392 e. The minimum absolute atomic E-state index is 0.220. The van der Waals surface area contributed by atoms with Gasteiger partial charge < -0.3 is 5.11 Å². The van der Waals surface area contributed by atoms with Crippen molar-refractivity contribution in [2.45, 2.75) is 33.1 Å². The summed E-state index contributed by atoms with van der Waals surface area (Å²) in [7, 11) is 0. The SMILES string of the molecule is CC[C@@H](C)/C=C(\CO)CCCBr. The molecule has 0 aromatic heterocycles. The summed E-state index contributed by atoms with van der Waals surface area (Å²) in [5, 5.41) is 10.0. The summed E-state index contributed by atoms with van der Waals surface area (Å²) < 4.78 is 0. The Morgan fingerprint density at radius 3 is 2.67 bits per heavy atom. The van der Waals surface area contributed by atoms with Gasteiger partial charge in [0.05, 0.1) is 6.61 Å². The molecule has 0 fully saturated rings. The smallest absolute Gasteiger partial charge is 0.0641 e. The van der Waals surface area contributed by atoms with Crippen molar-refractivity contribution < 1.29 is 5.11 Å². The van der Waals surface area contributed by atoms with Gasteiger partial charge in [0.15, 0.2) is 0 Å². The van der Waals surface area contributed by atoms with Gasteiger partial charge in [0.25, 0.3) is 0 Å². The zero-order chi connectivity index (χ0) is 9.40. The molecular weight excluding hydrogens is 216 g/mol. The van der Waals surface area contributed by atoms with Crippen LogP contribution in [0, 0.1) is 5.92 Å². The Balaban J connectivity index is 3.85. The first kappa shape index (κ1) is 12.2. The lowest BCUT2D eigenvalue weighted by Crippen LogP contribution is -1.96. The van der Waals surface area contributed by atoms with E-state index in [1.807, 2.05) is 0 Å². The lowest BCUT2D eigenvalue weighted by molar-refractivity contribution is 0.325. The molecular formula is C10H19BrO. The second-order valence-corrected chi connectivity index (χ2v) is 3.95. The second kappa shape index (κ2) is 7.81. The number of rotatable bonds is 6. The van der Waals surface area contributed by atoms with Gasteiger partial charge in [-0.25, -0.2) is 0 Å². The van der Waals surface area contributed by atoms with Crippen LogP contribution in [0.15, 0.2) is 11.6 Å². The third-order valence-corrected chi connectivity index (χ3v) is 2.56. The van der Waals surface area contributed by atoms with Crippen molar-refractivity contribution in [2.75, 3.05) is 11.9 Å². The quantitative estimate of drug-likeness (QED) is 0.554. The van der Waals surface area contributed by atoms with E-state index in [4.69, 9.17) is 5.11 Å². The molecule has 1 N–H and O–H groups in total. The molecule has 12 heavy (non-hydrogen) atoms. The number of hydrogen-bond donors (Lipinski definition) is 1. The van der Waals surface area contributed by atoms with Gasteiger partial charge in [-0.1, -0.05) is 42.3 Å². The van der Waals surface area contributed by atoms with E-state index >= 15 is 0 Å². The van der Waals surface area contributed by atoms with Crippen LogP contribution in [0.5, 0.6) is 0 Å². The zero-order valence-corrected chi connectivity index (χ0v) is 9.60. The fraction of sp³-hybridized carbons (Fsp3) is 0.800. The fourth-order valence-electron chi connectivity index (χ4n) is 1.03. The Labute approximate surface area is 84.0 Å². The molecule has 0 unspecified atom stereocenters. The van der Waals surface area contributed by atoms with Gasteiger partial charge in [-0.05, 0) is 24.3 Å². The van der Waals surface area contributed by atoms with E-state index in [-0.39, 0.29) is 6.61 Å². The Kier molecular flexibility index (Phi) is 7.93. The molecule has 72 valence electrons. The van der Waals surface area contributed by atoms with Crippen molar-refractivity contribution in [3.8, 4) is 0 Å². The normalized spacial score (nSPS) is 14.8. The van der Waals surface area contributed by atoms with Crippen LogP contribution < -0.4 is 0 Å². The molecule has 0 rings (SSSR count). The van der Waals surface area contributed by atoms with Crippen LogP contribution in [0.2, 0.25) is 0 Å². The Hall–Kier alpha value is 0.180. The van der Waals surface area contributed by atoms with E-state index in [9.17, 15) is 0 Å². The average molecular weight is 235 g/mol. The third kappa shape index (κ3) is 5.78. The van der Waals surface area contributed by atoms with E-state index in [0.717, 1.165) is 24.6 Å². The number of alkyl halides is 1. The second-order valence-electron chi connectivity index (χ2n) is 3.16. The van der Waals surface area contributed by atoms with Crippen molar-refractivity contribution in [3.05, 3.63) is 11.6 Å². The summed E-state index contributed by atoms with van der Waals surface area (Å²) in [6.07, 6.45) is 5.48.